The molecule has 2 aromatic heterocycles. The van der Waals surface area contributed by atoms with Crippen LogP contribution in [0.15, 0.2) is 16.5 Å². The predicted octanol–water partition coefficient (Wildman–Crippen LogP) is 2.85. The van der Waals surface area contributed by atoms with Crippen LogP contribution in [0, 0.1) is 20.8 Å². The molecule has 0 saturated carbocycles. The molecular formula is C14H18N2O2. The van der Waals surface area contributed by atoms with Gasteiger partial charge in [-0.15, -0.1) is 0 Å². The molecule has 0 saturated heterocycles. The lowest BCUT2D eigenvalue weighted by Crippen LogP contribution is -2.09. The maximum absolute atomic E-state index is 12.2. The molecule has 18 heavy (non-hydrogen) atoms. The minimum atomic E-state index is 0.0824. The Morgan fingerprint density at radius 3 is 2.61 bits per heavy atom. The second-order valence-corrected chi connectivity index (χ2v) is 4.52. The number of carbonyl (C=O) groups is 1. The second kappa shape index (κ2) is 4.80. The van der Waals surface area contributed by atoms with E-state index >= 15 is 0 Å². The van der Waals surface area contributed by atoms with Crippen LogP contribution in [0.3, 0.4) is 0 Å². The van der Waals surface area contributed by atoms with Crippen molar-refractivity contribution in [1.29, 1.82) is 0 Å². The number of furan rings is 1. The number of hydrogen-bond acceptors (Lipinski definition) is 3. The van der Waals surface area contributed by atoms with Gasteiger partial charge in [-0.25, -0.2) is 0 Å². The highest BCUT2D eigenvalue weighted by Gasteiger charge is 2.16. The van der Waals surface area contributed by atoms with Crippen molar-refractivity contribution in [2.24, 2.45) is 0 Å². The topological polar surface area (TPSA) is 48.0 Å². The summed E-state index contributed by atoms with van der Waals surface area (Å²) in [5, 5.41) is 4.34. The fourth-order valence-electron chi connectivity index (χ4n) is 2.18. The first kappa shape index (κ1) is 12.6. The Labute approximate surface area is 107 Å². The van der Waals surface area contributed by atoms with Crippen LogP contribution >= 0.6 is 0 Å². The second-order valence-electron chi connectivity index (χ2n) is 4.52. The van der Waals surface area contributed by atoms with Gasteiger partial charge in [0.05, 0.1) is 17.7 Å². The smallest absolute Gasteiger partial charge is 0.172 e. The number of ketones is 1. The van der Waals surface area contributed by atoms with Crippen LogP contribution in [0.5, 0.6) is 0 Å². The van der Waals surface area contributed by atoms with E-state index < -0.39 is 0 Å². The van der Waals surface area contributed by atoms with E-state index in [0.717, 1.165) is 23.7 Å². The Hall–Kier alpha value is -1.84. The number of rotatable bonds is 4. The lowest BCUT2D eigenvalue weighted by molar-refractivity contribution is 0.0989. The predicted molar refractivity (Wildman–Crippen MR) is 68.9 cm³/mol. The molecule has 0 N–H and O–H groups in total. The van der Waals surface area contributed by atoms with Crippen LogP contribution in [0.2, 0.25) is 0 Å². The molecule has 0 spiro atoms. The van der Waals surface area contributed by atoms with Crippen molar-refractivity contribution < 1.29 is 9.21 Å². The van der Waals surface area contributed by atoms with Gasteiger partial charge in [-0.1, -0.05) is 0 Å². The van der Waals surface area contributed by atoms with Gasteiger partial charge in [-0.2, -0.15) is 5.10 Å². The average Bonchev–Trinajstić information content (AvgIpc) is 2.81. The van der Waals surface area contributed by atoms with E-state index in [4.69, 9.17) is 4.42 Å². The Bertz CT molecular complexity index is 579. The lowest BCUT2D eigenvalue weighted by Gasteiger charge is -2.03. The van der Waals surface area contributed by atoms with Gasteiger partial charge in [-0.3, -0.25) is 9.48 Å². The van der Waals surface area contributed by atoms with Crippen LogP contribution in [0.25, 0.3) is 0 Å². The van der Waals surface area contributed by atoms with Gasteiger partial charge in [-0.05, 0) is 39.8 Å². The SMILES string of the molecule is CCn1nc(C)cc1CC(=O)c1cc(C)oc1C. The van der Waals surface area contributed by atoms with Gasteiger partial charge >= 0.3 is 0 Å². The Balaban J connectivity index is 2.23. The maximum atomic E-state index is 12.2. The minimum absolute atomic E-state index is 0.0824. The summed E-state index contributed by atoms with van der Waals surface area (Å²) < 4.78 is 7.26. The molecule has 0 radical (unpaired) electrons. The van der Waals surface area contributed by atoms with Gasteiger partial charge in [0.25, 0.3) is 0 Å². The van der Waals surface area contributed by atoms with Crippen LogP contribution in [0.1, 0.15) is 40.2 Å². The van der Waals surface area contributed by atoms with Gasteiger partial charge in [0, 0.05) is 12.2 Å². The van der Waals surface area contributed by atoms with Gasteiger partial charge in [0.1, 0.15) is 11.5 Å². The van der Waals surface area contributed by atoms with Crippen molar-refractivity contribution in [1.82, 2.24) is 9.78 Å². The van der Waals surface area contributed by atoms with E-state index in [-0.39, 0.29) is 5.78 Å². The van der Waals surface area contributed by atoms with E-state index in [1.807, 2.05) is 38.4 Å². The van der Waals surface area contributed by atoms with Crippen molar-refractivity contribution in [3.05, 3.63) is 40.6 Å². The van der Waals surface area contributed by atoms with Crippen molar-refractivity contribution in [2.45, 2.75) is 40.7 Å². The highest BCUT2D eigenvalue weighted by atomic mass is 16.3. The van der Waals surface area contributed by atoms with E-state index in [2.05, 4.69) is 5.10 Å². The summed E-state index contributed by atoms with van der Waals surface area (Å²) in [6.07, 6.45) is 0.370. The third-order valence-corrected chi connectivity index (χ3v) is 2.97. The average molecular weight is 246 g/mol. The molecule has 2 rings (SSSR count). The van der Waals surface area contributed by atoms with Gasteiger partial charge in [0.15, 0.2) is 5.78 Å². The number of carbonyl (C=O) groups excluding carboxylic acids is 1. The number of aryl methyl sites for hydroxylation is 4. The molecular weight excluding hydrogens is 228 g/mol. The molecule has 0 atom stereocenters. The van der Waals surface area contributed by atoms with Crippen molar-refractivity contribution in [2.75, 3.05) is 0 Å². The molecule has 96 valence electrons. The summed E-state index contributed by atoms with van der Waals surface area (Å²) in [6, 6.07) is 3.76. The van der Waals surface area contributed by atoms with Crippen LogP contribution in [0.4, 0.5) is 0 Å². The Kier molecular flexibility index (Phi) is 3.36. The number of hydrogen-bond donors (Lipinski definition) is 0. The fourth-order valence-corrected chi connectivity index (χ4v) is 2.18. The molecule has 0 aliphatic rings. The lowest BCUT2D eigenvalue weighted by atomic mass is 10.1. The monoisotopic (exact) mass is 246 g/mol. The quantitative estimate of drug-likeness (QED) is 0.779. The molecule has 0 aliphatic carbocycles. The first-order valence-corrected chi connectivity index (χ1v) is 6.14. The maximum Gasteiger partial charge on any atom is 0.172 e. The number of aromatic nitrogens is 2. The molecule has 0 aromatic carbocycles. The van der Waals surface area contributed by atoms with Gasteiger partial charge in [0.2, 0.25) is 0 Å². The van der Waals surface area contributed by atoms with E-state index in [9.17, 15) is 4.79 Å². The number of nitrogens with zero attached hydrogens (tertiary/aromatic N) is 2. The molecule has 0 fully saturated rings. The highest BCUT2D eigenvalue weighted by Crippen LogP contribution is 2.17. The van der Waals surface area contributed by atoms with Crippen LogP contribution in [-0.4, -0.2) is 15.6 Å². The van der Waals surface area contributed by atoms with Crippen LogP contribution in [-0.2, 0) is 13.0 Å². The van der Waals surface area contributed by atoms with Crippen molar-refractivity contribution in [3.63, 3.8) is 0 Å². The van der Waals surface area contributed by atoms with Crippen molar-refractivity contribution in [3.8, 4) is 0 Å². The first-order chi connectivity index (χ1) is 8.51. The standard InChI is InChI=1S/C14H18N2O2/c1-5-16-12(6-9(2)15-16)8-14(17)13-7-10(3)18-11(13)4/h6-7H,5,8H2,1-4H3. The third-order valence-electron chi connectivity index (χ3n) is 2.97. The summed E-state index contributed by atoms with van der Waals surface area (Å²) in [4.78, 5) is 12.2. The molecule has 4 heteroatoms. The zero-order chi connectivity index (χ0) is 13.3. The summed E-state index contributed by atoms with van der Waals surface area (Å²) >= 11 is 0. The van der Waals surface area contributed by atoms with E-state index in [0.29, 0.717) is 17.7 Å². The highest BCUT2D eigenvalue weighted by molar-refractivity contribution is 5.98. The zero-order valence-corrected chi connectivity index (χ0v) is 11.3. The van der Waals surface area contributed by atoms with E-state index in [1.54, 1.807) is 6.07 Å². The largest absolute Gasteiger partial charge is 0.466 e. The minimum Gasteiger partial charge on any atom is -0.466 e. The zero-order valence-electron chi connectivity index (χ0n) is 11.3. The summed E-state index contributed by atoms with van der Waals surface area (Å²) in [6.45, 7) is 8.41. The molecule has 0 bridgehead atoms. The normalized spacial score (nSPS) is 10.9. The van der Waals surface area contributed by atoms with Crippen molar-refractivity contribution >= 4 is 5.78 Å². The molecule has 0 unspecified atom stereocenters. The molecule has 0 aliphatic heterocycles. The third kappa shape index (κ3) is 2.37. The molecule has 0 amide bonds. The fraction of sp³-hybridized carbons (Fsp3) is 0.429. The Morgan fingerprint density at radius 1 is 1.33 bits per heavy atom. The first-order valence-electron chi connectivity index (χ1n) is 6.14. The summed E-state index contributed by atoms with van der Waals surface area (Å²) in [5.74, 6) is 1.55. The Morgan fingerprint density at radius 2 is 2.06 bits per heavy atom. The summed E-state index contributed by atoms with van der Waals surface area (Å²) in [5.41, 5.74) is 2.58. The number of Topliss-reactive ketones (excluding diaryl/α,β-unsaturated/α-hetero) is 1. The van der Waals surface area contributed by atoms with Crippen LogP contribution < -0.4 is 0 Å². The van der Waals surface area contributed by atoms with Gasteiger partial charge < -0.3 is 4.42 Å². The summed E-state index contributed by atoms with van der Waals surface area (Å²) in [7, 11) is 0. The molecule has 2 aromatic rings. The van der Waals surface area contributed by atoms with E-state index in [1.165, 1.54) is 0 Å². The molecule has 2 heterocycles. The molecule has 4 nitrogen and oxygen atoms in total.